The third kappa shape index (κ3) is 1.61. The summed E-state index contributed by atoms with van der Waals surface area (Å²) in [6, 6.07) is 2.91. The fourth-order valence-corrected chi connectivity index (χ4v) is 1.57. The Hall–Kier alpha value is -2.70. The predicted octanol–water partition coefficient (Wildman–Crippen LogP) is 1.32. The van der Waals surface area contributed by atoms with Crippen molar-refractivity contribution >= 4 is 17.2 Å². The number of hydrogen-bond donors (Lipinski definition) is 1. The minimum Gasteiger partial charge on any atom is -0.477 e. The van der Waals surface area contributed by atoms with Gasteiger partial charge in [0.15, 0.2) is 16.9 Å². The van der Waals surface area contributed by atoms with Gasteiger partial charge in [0.2, 0.25) is 5.89 Å². The number of aryl methyl sites for hydroxylation is 1. The predicted molar refractivity (Wildman–Crippen MR) is 61.0 cm³/mol. The molecule has 0 spiro atoms. The number of oxazole rings is 1. The standard InChI is InChI=1S/C11H8N4O3/c1-15-4-7(12-5-15)10-14-9-8(18-10)3-2-6(13-9)11(16)17/h2-5H,1H3,(H,16,17). The van der Waals surface area contributed by atoms with Gasteiger partial charge in [-0.2, -0.15) is 4.98 Å². The average molecular weight is 244 g/mol. The van der Waals surface area contributed by atoms with Crippen LogP contribution in [0.1, 0.15) is 10.5 Å². The quantitative estimate of drug-likeness (QED) is 0.730. The van der Waals surface area contributed by atoms with Crippen molar-refractivity contribution in [3.63, 3.8) is 0 Å². The number of aromatic carboxylic acids is 1. The van der Waals surface area contributed by atoms with E-state index in [-0.39, 0.29) is 11.3 Å². The third-order valence-electron chi connectivity index (χ3n) is 2.40. The van der Waals surface area contributed by atoms with Gasteiger partial charge in [0.05, 0.1) is 6.33 Å². The Morgan fingerprint density at radius 1 is 1.39 bits per heavy atom. The molecule has 0 saturated heterocycles. The molecule has 0 aromatic carbocycles. The molecule has 3 heterocycles. The Bertz CT molecular complexity index is 744. The lowest BCUT2D eigenvalue weighted by molar-refractivity contribution is 0.0691. The molecule has 0 unspecified atom stereocenters. The number of carboxylic acid groups (broad SMARTS) is 1. The Labute approximate surface area is 101 Å². The lowest BCUT2D eigenvalue weighted by atomic mass is 10.3. The lowest BCUT2D eigenvalue weighted by Gasteiger charge is -1.90. The van der Waals surface area contributed by atoms with Gasteiger partial charge in [-0.05, 0) is 12.1 Å². The second-order valence-electron chi connectivity index (χ2n) is 3.77. The molecular weight excluding hydrogens is 236 g/mol. The van der Waals surface area contributed by atoms with Crippen molar-refractivity contribution in [1.82, 2.24) is 19.5 Å². The Balaban J connectivity index is 2.13. The van der Waals surface area contributed by atoms with Crippen LogP contribution in [-0.4, -0.2) is 30.6 Å². The molecule has 0 aliphatic rings. The van der Waals surface area contributed by atoms with Crippen molar-refractivity contribution in [2.24, 2.45) is 7.05 Å². The normalized spacial score (nSPS) is 10.9. The number of imidazole rings is 1. The minimum atomic E-state index is -1.10. The lowest BCUT2D eigenvalue weighted by Crippen LogP contribution is -1.99. The maximum absolute atomic E-state index is 10.8. The van der Waals surface area contributed by atoms with Crippen molar-refractivity contribution in [3.8, 4) is 11.6 Å². The second-order valence-corrected chi connectivity index (χ2v) is 3.77. The smallest absolute Gasteiger partial charge is 0.354 e. The number of hydrogen-bond acceptors (Lipinski definition) is 5. The van der Waals surface area contributed by atoms with E-state index in [0.29, 0.717) is 17.2 Å². The van der Waals surface area contributed by atoms with Gasteiger partial charge in [-0.3, -0.25) is 0 Å². The van der Waals surface area contributed by atoms with Crippen molar-refractivity contribution in [2.75, 3.05) is 0 Å². The van der Waals surface area contributed by atoms with E-state index in [0.717, 1.165) is 0 Å². The highest BCUT2D eigenvalue weighted by atomic mass is 16.4. The summed E-state index contributed by atoms with van der Waals surface area (Å²) in [4.78, 5) is 22.9. The highest BCUT2D eigenvalue weighted by Gasteiger charge is 2.13. The first kappa shape index (κ1) is 10.5. The molecule has 0 aliphatic heterocycles. The summed E-state index contributed by atoms with van der Waals surface area (Å²) >= 11 is 0. The number of aromatic nitrogens is 4. The van der Waals surface area contributed by atoms with E-state index >= 15 is 0 Å². The second kappa shape index (κ2) is 3.66. The van der Waals surface area contributed by atoms with Crippen molar-refractivity contribution in [3.05, 3.63) is 30.4 Å². The number of fused-ring (bicyclic) bond motifs is 1. The van der Waals surface area contributed by atoms with Crippen LogP contribution in [0.2, 0.25) is 0 Å². The SMILES string of the molecule is Cn1cnc(-c2nc3nc(C(=O)O)ccc3o2)c1. The van der Waals surface area contributed by atoms with E-state index < -0.39 is 5.97 Å². The van der Waals surface area contributed by atoms with E-state index in [9.17, 15) is 4.79 Å². The highest BCUT2D eigenvalue weighted by molar-refractivity contribution is 5.88. The van der Waals surface area contributed by atoms with Crippen LogP contribution in [0.3, 0.4) is 0 Å². The fourth-order valence-electron chi connectivity index (χ4n) is 1.57. The first-order valence-electron chi connectivity index (χ1n) is 5.13. The fraction of sp³-hybridized carbons (Fsp3) is 0.0909. The molecule has 0 amide bonds. The van der Waals surface area contributed by atoms with Gasteiger partial charge in [0, 0.05) is 13.2 Å². The van der Waals surface area contributed by atoms with Gasteiger partial charge >= 0.3 is 5.97 Å². The van der Waals surface area contributed by atoms with Crippen LogP contribution in [0.5, 0.6) is 0 Å². The van der Waals surface area contributed by atoms with Crippen LogP contribution in [0, 0.1) is 0 Å². The van der Waals surface area contributed by atoms with Crippen molar-refractivity contribution in [1.29, 1.82) is 0 Å². The van der Waals surface area contributed by atoms with Crippen LogP contribution in [0.15, 0.2) is 29.1 Å². The molecule has 3 aromatic rings. The van der Waals surface area contributed by atoms with Gasteiger partial charge in [0.1, 0.15) is 5.69 Å². The van der Waals surface area contributed by atoms with Gasteiger partial charge in [-0.15, -0.1) is 0 Å². The molecule has 18 heavy (non-hydrogen) atoms. The number of carboxylic acids is 1. The van der Waals surface area contributed by atoms with Gasteiger partial charge in [-0.1, -0.05) is 0 Å². The zero-order chi connectivity index (χ0) is 12.7. The molecule has 0 bridgehead atoms. The highest BCUT2D eigenvalue weighted by Crippen LogP contribution is 2.21. The number of nitrogens with zero attached hydrogens (tertiary/aromatic N) is 4. The van der Waals surface area contributed by atoms with Crippen LogP contribution in [0.4, 0.5) is 0 Å². The van der Waals surface area contributed by atoms with E-state index in [2.05, 4.69) is 15.0 Å². The molecule has 0 aliphatic carbocycles. The van der Waals surface area contributed by atoms with Crippen LogP contribution in [0.25, 0.3) is 22.8 Å². The summed E-state index contributed by atoms with van der Waals surface area (Å²) in [6.07, 6.45) is 3.38. The van der Waals surface area contributed by atoms with E-state index in [1.807, 2.05) is 7.05 Å². The summed E-state index contributed by atoms with van der Waals surface area (Å²) in [7, 11) is 1.83. The molecule has 3 rings (SSSR count). The third-order valence-corrected chi connectivity index (χ3v) is 2.40. The zero-order valence-corrected chi connectivity index (χ0v) is 9.36. The molecule has 0 atom stereocenters. The first-order valence-corrected chi connectivity index (χ1v) is 5.13. The largest absolute Gasteiger partial charge is 0.477 e. The van der Waals surface area contributed by atoms with Crippen LogP contribution >= 0.6 is 0 Å². The average Bonchev–Trinajstić information content (AvgIpc) is 2.93. The number of pyridine rings is 1. The van der Waals surface area contributed by atoms with Crippen LogP contribution in [-0.2, 0) is 7.05 Å². The molecular formula is C11H8N4O3. The maximum Gasteiger partial charge on any atom is 0.354 e. The summed E-state index contributed by atoms with van der Waals surface area (Å²) in [5.41, 5.74) is 1.20. The summed E-state index contributed by atoms with van der Waals surface area (Å²) < 4.78 is 7.22. The minimum absolute atomic E-state index is 0.0663. The van der Waals surface area contributed by atoms with Crippen molar-refractivity contribution in [2.45, 2.75) is 0 Å². The number of carbonyl (C=O) groups is 1. The van der Waals surface area contributed by atoms with E-state index in [4.69, 9.17) is 9.52 Å². The number of rotatable bonds is 2. The molecule has 0 saturated carbocycles. The molecule has 90 valence electrons. The molecule has 1 N–H and O–H groups in total. The van der Waals surface area contributed by atoms with E-state index in [1.54, 1.807) is 17.1 Å². The summed E-state index contributed by atoms with van der Waals surface area (Å²) in [6.45, 7) is 0. The Morgan fingerprint density at radius 2 is 2.22 bits per heavy atom. The molecule has 3 aromatic heterocycles. The molecule has 0 radical (unpaired) electrons. The summed E-state index contributed by atoms with van der Waals surface area (Å²) in [5, 5.41) is 8.83. The maximum atomic E-state index is 10.8. The molecule has 0 fully saturated rings. The van der Waals surface area contributed by atoms with Crippen LogP contribution < -0.4 is 0 Å². The Kier molecular flexibility index (Phi) is 2.12. The van der Waals surface area contributed by atoms with Gasteiger partial charge in [0.25, 0.3) is 0 Å². The topological polar surface area (TPSA) is 94.0 Å². The van der Waals surface area contributed by atoms with E-state index in [1.165, 1.54) is 12.1 Å². The first-order chi connectivity index (χ1) is 8.63. The molecule has 7 heteroatoms. The Morgan fingerprint density at radius 3 is 2.89 bits per heavy atom. The monoisotopic (exact) mass is 244 g/mol. The van der Waals surface area contributed by atoms with Crippen molar-refractivity contribution < 1.29 is 14.3 Å². The van der Waals surface area contributed by atoms with Gasteiger partial charge in [-0.25, -0.2) is 14.8 Å². The summed E-state index contributed by atoms with van der Waals surface area (Å²) in [5.74, 6) is -0.778. The molecule has 7 nitrogen and oxygen atoms in total. The van der Waals surface area contributed by atoms with Gasteiger partial charge < -0.3 is 14.1 Å². The zero-order valence-electron chi connectivity index (χ0n) is 9.36.